The van der Waals surface area contributed by atoms with Crippen molar-refractivity contribution >= 4 is 35.0 Å². The van der Waals surface area contributed by atoms with Crippen molar-refractivity contribution in [1.82, 2.24) is 4.90 Å². The van der Waals surface area contributed by atoms with Gasteiger partial charge in [-0.15, -0.1) is 0 Å². The number of hydrogen-bond acceptors (Lipinski definition) is 5. The second kappa shape index (κ2) is 9.35. The van der Waals surface area contributed by atoms with E-state index < -0.39 is 0 Å². The average Bonchev–Trinajstić information content (AvgIpc) is 2.68. The minimum atomic E-state index is -0.246. The van der Waals surface area contributed by atoms with Crippen LogP contribution in [0.4, 0.5) is 5.69 Å². The summed E-state index contributed by atoms with van der Waals surface area (Å²) in [6.45, 7) is 3.10. The van der Waals surface area contributed by atoms with E-state index >= 15 is 0 Å². The highest BCUT2D eigenvalue weighted by atomic mass is 35.5. The Balaban J connectivity index is 1.72. The largest absolute Gasteiger partial charge is 0.493 e. The molecule has 1 fully saturated rings. The molecule has 1 aliphatic rings. The van der Waals surface area contributed by atoms with Crippen LogP contribution in [-0.4, -0.2) is 49.6 Å². The number of thioether (sulfide) groups is 1. The third kappa shape index (κ3) is 5.09. The van der Waals surface area contributed by atoms with Crippen molar-refractivity contribution in [2.45, 2.75) is 6.54 Å². The molecule has 0 aliphatic carbocycles. The highest BCUT2D eigenvalue weighted by Crippen LogP contribution is 2.36. The van der Waals surface area contributed by atoms with E-state index in [1.165, 1.54) is 31.3 Å². The molecule has 1 aliphatic heterocycles. The van der Waals surface area contributed by atoms with Gasteiger partial charge in [-0.1, -0.05) is 23.7 Å². The monoisotopic (exact) mass is 406 g/mol. The van der Waals surface area contributed by atoms with Gasteiger partial charge in [-0.2, -0.15) is 11.8 Å². The minimum absolute atomic E-state index is 0.246. The molecule has 0 saturated carbocycles. The number of methoxy groups -OCH3 is 2. The van der Waals surface area contributed by atoms with E-state index in [1.807, 2.05) is 30.0 Å². The molecule has 1 saturated heterocycles. The smallest absolute Gasteiger partial charge is 0.255 e. The van der Waals surface area contributed by atoms with Crippen molar-refractivity contribution < 1.29 is 14.3 Å². The van der Waals surface area contributed by atoms with Crippen LogP contribution in [0.1, 0.15) is 15.9 Å². The Morgan fingerprint density at radius 3 is 2.67 bits per heavy atom. The van der Waals surface area contributed by atoms with E-state index in [2.05, 4.69) is 16.3 Å². The van der Waals surface area contributed by atoms with E-state index in [9.17, 15) is 4.79 Å². The first-order chi connectivity index (χ1) is 13.1. The summed E-state index contributed by atoms with van der Waals surface area (Å²) in [5.41, 5.74) is 2.36. The van der Waals surface area contributed by atoms with Crippen molar-refractivity contribution in [2.24, 2.45) is 0 Å². The first-order valence-electron chi connectivity index (χ1n) is 8.72. The maximum atomic E-state index is 12.7. The zero-order valence-electron chi connectivity index (χ0n) is 15.5. The molecule has 0 radical (unpaired) electrons. The van der Waals surface area contributed by atoms with Crippen LogP contribution in [0, 0.1) is 0 Å². The lowest BCUT2D eigenvalue weighted by atomic mass is 10.1. The van der Waals surface area contributed by atoms with Crippen molar-refractivity contribution in [3.63, 3.8) is 0 Å². The van der Waals surface area contributed by atoms with Crippen molar-refractivity contribution in [1.29, 1.82) is 0 Å². The van der Waals surface area contributed by atoms with Gasteiger partial charge in [-0.25, -0.2) is 0 Å². The average molecular weight is 407 g/mol. The molecule has 1 amide bonds. The summed E-state index contributed by atoms with van der Waals surface area (Å²) < 4.78 is 10.5. The second-order valence-corrected chi connectivity index (χ2v) is 7.87. The van der Waals surface area contributed by atoms with Crippen LogP contribution in [0.15, 0.2) is 36.4 Å². The molecule has 27 heavy (non-hydrogen) atoms. The maximum Gasteiger partial charge on any atom is 0.255 e. The number of hydrogen-bond donors (Lipinski definition) is 1. The zero-order valence-corrected chi connectivity index (χ0v) is 17.0. The van der Waals surface area contributed by atoms with Crippen LogP contribution in [0.25, 0.3) is 0 Å². The lowest BCUT2D eigenvalue weighted by molar-refractivity contribution is 0.102. The predicted molar refractivity (Wildman–Crippen MR) is 112 cm³/mol. The number of carbonyl (C=O) groups excluding carboxylic acids is 1. The Bertz CT molecular complexity index is 810. The molecule has 1 heterocycles. The lowest BCUT2D eigenvalue weighted by Crippen LogP contribution is -2.31. The number of nitrogens with zero attached hydrogens (tertiary/aromatic N) is 1. The van der Waals surface area contributed by atoms with Gasteiger partial charge >= 0.3 is 0 Å². The molecular weight excluding hydrogens is 384 g/mol. The van der Waals surface area contributed by atoms with Crippen molar-refractivity contribution in [2.75, 3.05) is 44.1 Å². The maximum absolute atomic E-state index is 12.7. The van der Waals surface area contributed by atoms with Crippen molar-refractivity contribution in [3.8, 4) is 11.5 Å². The summed E-state index contributed by atoms with van der Waals surface area (Å²) in [7, 11) is 3.02. The van der Waals surface area contributed by atoms with Gasteiger partial charge in [0, 0.05) is 42.4 Å². The standard InChI is InChI=1S/C20H23ClN2O3S/c1-25-18-12-15(11-17(21)19(18)26-2)20(24)22-16-5-3-4-14(10-16)13-23-6-8-27-9-7-23/h3-5,10-12H,6-9,13H2,1-2H3,(H,22,24). The van der Waals surface area contributed by atoms with Crippen LogP contribution < -0.4 is 14.8 Å². The van der Waals surface area contributed by atoms with Gasteiger partial charge in [0.2, 0.25) is 0 Å². The fraction of sp³-hybridized carbons (Fsp3) is 0.350. The minimum Gasteiger partial charge on any atom is -0.493 e. The van der Waals surface area contributed by atoms with Gasteiger partial charge in [0.1, 0.15) is 0 Å². The first kappa shape index (κ1) is 19.9. The van der Waals surface area contributed by atoms with E-state index in [0.29, 0.717) is 22.1 Å². The Labute approximate surface area is 169 Å². The predicted octanol–water partition coefficient (Wildman–Crippen LogP) is 4.16. The van der Waals surface area contributed by atoms with E-state index in [-0.39, 0.29) is 5.91 Å². The SMILES string of the molecule is COc1cc(C(=O)Nc2cccc(CN3CCSCC3)c2)cc(Cl)c1OC. The molecule has 2 aromatic carbocycles. The van der Waals surface area contributed by atoms with E-state index in [1.54, 1.807) is 12.1 Å². The molecule has 0 unspecified atom stereocenters. The van der Waals surface area contributed by atoms with Gasteiger partial charge in [0.05, 0.1) is 19.2 Å². The molecule has 0 aromatic heterocycles. The fourth-order valence-electron chi connectivity index (χ4n) is 3.02. The third-order valence-electron chi connectivity index (χ3n) is 4.39. The number of halogens is 1. The van der Waals surface area contributed by atoms with Crippen LogP contribution in [0.5, 0.6) is 11.5 Å². The molecule has 2 aromatic rings. The molecule has 144 valence electrons. The topological polar surface area (TPSA) is 50.8 Å². The first-order valence-corrected chi connectivity index (χ1v) is 10.3. The summed E-state index contributed by atoms with van der Waals surface area (Å²) in [5.74, 6) is 2.95. The number of anilines is 1. The quantitative estimate of drug-likeness (QED) is 0.780. The summed E-state index contributed by atoms with van der Waals surface area (Å²) in [5, 5.41) is 3.27. The Kier molecular flexibility index (Phi) is 6.88. The molecular formula is C20H23ClN2O3S. The summed E-state index contributed by atoms with van der Waals surface area (Å²) in [4.78, 5) is 15.1. The van der Waals surface area contributed by atoms with Crippen LogP contribution in [-0.2, 0) is 6.54 Å². The van der Waals surface area contributed by atoms with Gasteiger partial charge < -0.3 is 14.8 Å². The van der Waals surface area contributed by atoms with Gasteiger partial charge in [0.25, 0.3) is 5.91 Å². The Hall–Kier alpha value is -1.89. The van der Waals surface area contributed by atoms with Crippen LogP contribution in [0.2, 0.25) is 5.02 Å². The number of rotatable bonds is 6. The molecule has 7 heteroatoms. The fourth-order valence-corrected chi connectivity index (χ4v) is 4.28. The van der Waals surface area contributed by atoms with E-state index in [4.69, 9.17) is 21.1 Å². The summed E-state index contributed by atoms with van der Waals surface area (Å²) in [6.07, 6.45) is 0. The Morgan fingerprint density at radius 2 is 1.96 bits per heavy atom. The summed E-state index contributed by atoms with van der Waals surface area (Å²) in [6, 6.07) is 11.1. The molecule has 0 bridgehead atoms. The molecule has 0 atom stereocenters. The number of benzene rings is 2. The highest BCUT2D eigenvalue weighted by molar-refractivity contribution is 7.99. The lowest BCUT2D eigenvalue weighted by Gasteiger charge is -2.26. The van der Waals surface area contributed by atoms with Gasteiger partial charge in [-0.05, 0) is 29.8 Å². The molecule has 5 nitrogen and oxygen atoms in total. The number of carbonyl (C=O) groups is 1. The molecule has 3 rings (SSSR count). The van der Waals surface area contributed by atoms with Crippen LogP contribution >= 0.6 is 23.4 Å². The number of nitrogens with one attached hydrogen (secondary N) is 1. The van der Waals surface area contributed by atoms with Crippen molar-refractivity contribution in [3.05, 3.63) is 52.5 Å². The van der Waals surface area contributed by atoms with Gasteiger partial charge in [0.15, 0.2) is 11.5 Å². The third-order valence-corrected chi connectivity index (χ3v) is 5.61. The number of ether oxygens (including phenoxy) is 2. The molecule has 0 spiro atoms. The summed E-state index contributed by atoms with van der Waals surface area (Å²) >= 11 is 8.20. The molecule has 1 N–H and O–H groups in total. The Morgan fingerprint density at radius 1 is 1.19 bits per heavy atom. The zero-order chi connectivity index (χ0) is 19.2. The van der Waals surface area contributed by atoms with Crippen LogP contribution in [0.3, 0.4) is 0 Å². The van der Waals surface area contributed by atoms with Gasteiger partial charge in [-0.3, -0.25) is 9.69 Å². The normalized spacial score (nSPS) is 14.6. The number of amides is 1. The van der Waals surface area contributed by atoms with E-state index in [0.717, 1.165) is 25.3 Å². The second-order valence-electron chi connectivity index (χ2n) is 6.24. The highest BCUT2D eigenvalue weighted by Gasteiger charge is 2.16.